The van der Waals surface area contributed by atoms with Crippen LogP contribution in [0.1, 0.15) is 53.4 Å². The summed E-state index contributed by atoms with van der Waals surface area (Å²) in [5.74, 6) is -0.569. The number of rotatable bonds is 15. The van der Waals surface area contributed by atoms with Crippen molar-refractivity contribution in [2.75, 3.05) is 23.7 Å². The molecule has 0 aliphatic rings. The van der Waals surface area contributed by atoms with Crippen molar-refractivity contribution in [3.05, 3.63) is 60.7 Å². The van der Waals surface area contributed by atoms with Crippen LogP contribution in [0.15, 0.2) is 60.7 Å². The van der Waals surface area contributed by atoms with Crippen LogP contribution in [0.3, 0.4) is 0 Å². The molecule has 0 heterocycles. The number of carbonyl (C=O) groups excluding carboxylic acids is 4. The van der Waals surface area contributed by atoms with E-state index < -0.39 is 24.1 Å². The molecule has 0 radical (unpaired) electrons. The topological polar surface area (TPSA) is 140 Å². The number of urea groups is 2. The number of nitrogens with one attached hydrogen (secondary N) is 6. The second kappa shape index (κ2) is 17.5. The SMILES string of the molecule is CC(C)[C@H](NC(=O)Nc1ccccc1)C(=O)NCCCCCCNC(=O)[C@@H](NC(=O)Nc1ccccc1)C(C)C. The van der Waals surface area contributed by atoms with E-state index in [1.807, 2.05) is 64.1 Å². The lowest BCUT2D eigenvalue weighted by Crippen LogP contribution is -2.51. The molecule has 0 aromatic heterocycles. The molecular formula is C30H44N6O4. The van der Waals surface area contributed by atoms with E-state index in [4.69, 9.17) is 0 Å². The van der Waals surface area contributed by atoms with Gasteiger partial charge in [-0.2, -0.15) is 0 Å². The van der Waals surface area contributed by atoms with Crippen LogP contribution in [-0.2, 0) is 9.59 Å². The number of hydrogen-bond donors (Lipinski definition) is 6. The van der Waals surface area contributed by atoms with Crippen molar-refractivity contribution < 1.29 is 19.2 Å². The van der Waals surface area contributed by atoms with Crippen molar-refractivity contribution in [3.8, 4) is 0 Å². The normalized spacial score (nSPS) is 12.2. The van der Waals surface area contributed by atoms with Gasteiger partial charge in [-0.1, -0.05) is 76.9 Å². The molecule has 0 unspecified atom stereocenters. The zero-order valence-corrected chi connectivity index (χ0v) is 24.0. The highest BCUT2D eigenvalue weighted by Gasteiger charge is 2.25. The van der Waals surface area contributed by atoms with Gasteiger partial charge in [0.05, 0.1) is 0 Å². The van der Waals surface area contributed by atoms with Crippen LogP contribution >= 0.6 is 0 Å². The maximum Gasteiger partial charge on any atom is 0.319 e. The van der Waals surface area contributed by atoms with E-state index in [1.54, 1.807) is 24.3 Å². The predicted molar refractivity (Wildman–Crippen MR) is 159 cm³/mol. The molecule has 0 aliphatic carbocycles. The Hall–Kier alpha value is -4.08. The fourth-order valence-corrected chi connectivity index (χ4v) is 3.98. The summed E-state index contributed by atoms with van der Waals surface area (Å²) in [4.78, 5) is 49.9. The molecule has 2 aromatic carbocycles. The Kier molecular flexibility index (Phi) is 14.1. The molecule has 0 bridgehead atoms. The van der Waals surface area contributed by atoms with Gasteiger partial charge < -0.3 is 31.9 Å². The largest absolute Gasteiger partial charge is 0.354 e. The standard InChI is InChI=1S/C30H44N6O4/c1-21(2)25(35-29(39)33-23-15-9-7-10-16-23)27(37)31-19-13-5-6-14-20-32-28(38)26(22(3)4)36-30(40)34-24-17-11-8-12-18-24/h7-12,15-18,21-22,25-26H,5-6,13-14,19-20H2,1-4H3,(H,31,37)(H,32,38)(H2,33,35,39)(H2,34,36,40)/t25-,26-/m0/s1. The Morgan fingerprint density at radius 2 is 0.900 bits per heavy atom. The van der Waals surface area contributed by atoms with Crippen molar-refractivity contribution in [3.63, 3.8) is 0 Å². The molecule has 218 valence electrons. The van der Waals surface area contributed by atoms with Crippen molar-refractivity contribution in [1.29, 1.82) is 0 Å². The second-order valence-corrected chi connectivity index (χ2v) is 10.4. The van der Waals surface area contributed by atoms with Gasteiger partial charge in [0.15, 0.2) is 0 Å². The van der Waals surface area contributed by atoms with Gasteiger partial charge in [0, 0.05) is 24.5 Å². The van der Waals surface area contributed by atoms with E-state index in [0.29, 0.717) is 24.5 Å². The van der Waals surface area contributed by atoms with Gasteiger partial charge in [0.1, 0.15) is 12.1 Å². The Bertz CT molecular complexity index is 977. The number of unbranched alkanes of at least 4 members (excludes halogenated alkanes) is 3. The predicted octanol–water partition coefficient (Wildman–Crippen LogP) is 4.47. The minimum absolute atomic E-state index is 0.0706. The number of amides is 6. The molecule has 6 amide bonds. The third-order valence-corrected chi connectivity index (χ3v) is 6.24. The fourth-order valence-electron chi connectivity index (χ4n) is 3.98. The highest BCUT2D eigenvalue weighted by atomic mass is 16.2. The lowest BCUT2D eigenvalue weighted by atomic mass is 10.0. The van der Waals surface area contributed by atoms with Crippen molar-refractivity contribution >= 4 is 35.3 Å². The van der Waals surface area contributed by atoms with Crippen LogP contribution < -0.4 is 31.9 Å². The summed E-state index contributed by atoms with van der Waals surface area (Å²) in [6, 6.07) is 16.0. The molecule has 0 fully saturated rings. The first kappa shape index (κ1) is 32.1. The van der Waals surface area contributed by atoms with Gasteiger partial charge in [-0.05, 0) is 48.9 Å². The molecule has 6 N–H and O–H groups in total. The highest BCUT2D eigenvalue weighted by molar-refractivity contribution is 5.94. The van der Waals surface area contributed by atoms with Gasteiger partial charge in [-0.25, -0.2) is 9.59 Å². The van der Waals surface area contributed by atoms with E-state index in [0.717, 1.165) is 25.7 Å². The van der Waals surface area contributed by atoms with E-state index in [9.17, 15) is 19.2 Å². The Morgan fingerprint density at radius 1 is 0.550 bits per heavy atom. The number of benzene rings is 2. The summed E-state index contributed by atoms with van der Waals surface area (Å²) < 4.78 is 0. The molecular weight excluding hydrogens is 508 g/mol. The summed E-state index contributed by atoms with van der Waals surface area (Å²) in [5, 5.41) is 16.8. The van der Waals surface area contributed by atoms with Crippen molar-refractivity contribution in [2.24, 2.45) is 11.8 Å². The van der Waals surface area contributed by atoms with Crippen LogP contribution in [0.25, 0.3) is 0 Å². The average Bonchev–Trinajstić information content (AvgIpc) is 2.92. The number of anilines is 2. The minimum atomic E-state index is -0.642. The Balaban J connectivity index is 1.61. The smallest absolute Gasteiger partial charge is 0.319 e. The minimum Gasteiger partial charge on any atom is -0.354 e. The first-order valence-corrected chi connectivity index (χ1v) is 14.0. The Labute approximate surface area is 237 Å². The number of hydrogen-bond acceptors (Lipinski definition) is 4. The van der Waals surface area contributed by atoms with Gasteiger partial charge >= 0.3 is 12.1 Å². The molecule has 0 spiro atoms. The molecule has 2 atom stereocenters. The average molecular weight is 553 g/mol. The molecule has 0 saturated carbocycles. The van der Waals surface area contributed by atoms with E-state index >= 15 is 0 Å². The van der Waals surface area contributed by atoms with Crippen LogP contribution in [0.2, 0.25) is 0 Å². The molecule has 40 heavy (non-hydrogen) atoms. The third kappa shape index (κ3) is 12.2. The lowest BCUT2D eigenvalue weighted by molar-refractivity contribution is -0.124. The maximum absolute atomic E-state index is 12.6. The second-order valence-electron chi connectivity index (χ2n) is 10.4. The zero-order valence-electron chi connectivity index (χ0n) is 24.0. The van der Waals surface area contributed by atoms with E-state index in [1.165, 1.54) is 0 Å². The van der Waals surface area contributed by atoms with Gasteiger partial charge in [-0.15, -0.1) is 0 Å². The third-order valence-electron chi connectivity index (χ3n) is 6.24. The van der Waals surface area contributed by atoms with Crippen LogP contribution in [0, 0.1) is 11.8 Å². The van der Waals surface area contributed by atoms with Gasteiger partial charge in [-0.3, -0.25) is 9.59 Å². The number of para-hydroxylation sites is 2. The molecule has 0 aliphatic heterocycles. The Morgan fingerprint density at radius 3 is 1.23 bits per heavy atom. The first-order valence-electron chi connectivity index (χ1n) is 14.0. The summed E-state index contributed by atoms with van der Waals surface area (Å²) >= 11 is 0. The van der Waals surface area contributed by atoms with Gasteiger partial charge in [0.2, 0.25) is 11.8 Å². The fraction of sp³-hybridized carbons (Fsp3) is 0.467. The lowest BCUT2D eigenvalue weighted by Gasteiger charge is -2.22. The highest BCUT2D eigenvalue weighted by Crippen LogP contribution is 2.08. The van der Waals surface area contributed by atoms with Gasteiger partial charge in [0.25, 0.3) is 0 Å². The van der Waals surface area contributed by atoms with E-state index in [-0.39, 0.29) is 23.7 Å². The molecule has 2 aromatic rings. The van der Waals surface area contributed by atoms with Crippen LogP contribution in [0.4, 0.5) is 21.0 Å². The zero-order chi connectivity index (χ0) is 29.3. The molecule has 2 rings (SSSR count). The van der Waals surface area contributed by atoms with Crippen LogP contribution in [0.5, 0.6) is 0 Å². The van der Waals surface area contributed by atoms with Crippen molar-refractivity contribution in [2.45, 2.75) is 65.5 Å². The number of carbonyl (C=O) groups is 4. The molecule has 10 heteroatoms. The summed E-state index contributed by atoms with van der Waals surface area (Å²) in [6.45, 7) is 8.55. The molecule has 0 saturated heterocycles. The summed E-state index contributed by atoms with van der Waals surface area (Å²) in [6.07, 6.45) is 3.35. The monoisotopic (exact) mass is 552 g/mol. The quantitative estimate of drug-likeness (QED) is 0.181. The summed E-state index contributed by atoms with van der Waals surface area (Å²) in [7, 11) is 0. The van der Waals surface area contributed by atoms with E-state index in [2.05, 4.69) is 31.9 Å². The molecule has 10 nitrogen and oxygen atoms in total. The van der Waals surface area contributed by atoms with Crippen molar-refractivity contribution in [1.82, 2.24) is 21.3 Å². The first-order chi connectivity index (χ1) is 19.2. The maximum atomic E-state index is 12.6. The summed E-state index contributed by atoms with van der Waals surface area (Å²) in [5.41, 5.74) is 1.31. The van der Waals surface area contributed by atoms with Crippen LogP contribution in [-0.4, -0.2) is 49.0 Å².